The maximum atomic E-state index is 12.7. The van der Waals surface area contributed by atoms with Crippen LogP contribution >= 0.6 is 0 Å². The van der Waals surface area contributed by atoms with E-state index < -0.39 is 5.60 Å². The molecule has 1 unspecified atom stereocenters. The summed E-state index contributed by atoms with van der Waals surface area (Å²) in [5, 5.41) is 0. The number of hydrogen-bond donors (Lipinski definition) is 0. The fraction of sp³-hybridized carbons (Fsp3) is 0.929. The third-order valence-electron chi connectivity index (χ3n) is 11.8. The van der Waals surface area contributed by atoms with Gasteiger partial charge in [0.1, 0.15) is 12.2 Å². The van der Waals surface area contributed by atoms with Crippen molar-refractivity contribution in [3.63, 3.8) is 0 Å². The number of rotatable bonds is 6. The van der Waals surface area contributed by atoms with Crippen LogP contribution in [0, 0.1) is 40.4 Å². The lowest BCUT2D eigenvalue weighted by atomic mass is 9.43. The van der Waals surface area contributed by atoms with Gasteiger partial charge in [-0.3, -0.25) is 14.5 Å². The number of ether oxygens (including phenoxy) is 5. The first-order valence-electron chi connectivity index (χ1n) is 13.8. The van der Waals surface area contributed by atoms with Crippen molar-refractivity contribution in [2.45, 2.75) is 89.4 Å². The summed E-state index contributed by atoms with van der Waals surface area (Å²) in [6.45, 7) is 9.61. The maximum absolute atomic E-state index is 12.7. The maximum Gasteiger partial charge on any atom is 0.302 e. The van der Waals surface area contributed by atoms with Crippen molar-refractivity contribution in [1.29, 1.82) is 0 Å². The van der Waals surface area contributed by atoms with Crippen molar-refractivity contribution < 1.29 is 33.3 Å². The Morgan fingerprint density at radius 3 is 2.28 bits per heavy atom. The van der Waals surface area contributed by atoms with Gasteiger partial charge in [0, 0.05) is 83.3 Å². The number of hydrogen-bond acceptors (Lipinski definition) is 8. The molecule has 6 rings (SSSR count). The molecule has 6 fully saturated rings. The summed E-state index contributed by atoms with van der Waals surface area (Å²) in [5.41, 5.74) is -0.828. The number of esters is 2. The molecule has 5 aliphatic carbocycles. The lowest BCUT2D eigenvalue weighted by molar-refractivity contribution is -0.277. The Morgan fingerprint density at radius 1 is 1.00 bits per heavy atom. The van der Waals surface area contributed by atoms with E-state index in [2.05, 4.69) is 18.7 Å². The average Bonchev–Trinajstić information content (AvgIpc) is 3.23. The number of fused-ring (bicyclic) bond motifs is 2. The van der Waals surface area contributed by atoms with Crippen LogP contribution in [-0.4, -0.2) is 87.3 Å². The zero-order chi connectivity index (χ0) is 25.8. The van der Waals surface area contributed by atoms with Crippen LogP contribution in [0.5, 0.6) is 0 Å². The molecule has 202 valence electrons. The van der Waals surface area contributed by atoms with Gasteiger partial charge >= 0.3 is 11.9 Å². The largest absolute Gasteiger partial charge is 0.462 e. The fourth-order valence-corrected chi connectivity index (χ4v) is 11.4. The summed E-state index contributed by atoms with van der Waals surface area (Å²) in [5.74, 6) is -0.0124. The van der Waals surface area contributed by atoms with Gasteiger partial charge < -0.3 is 23.7 Å². The Kier molecular flexibility index (Phi) is 5.67. The van der Waals surface area contributed by atoms with Gasteiger partial charge in [0.05, 0.1) is 17.8 Å². The van der Waals surface area contributed by atoms with Crippen LogP contribution in [0.4, 0.5) is 0 Å². The third kappa shape index (κ3) is 2.75. The van der Waals surface area contributed by atoms with Crippen LogP contribution in [0.25, 0.3) is 0 Å². The van der Waals surface area contributed by atoms with Crippen LogP contribution in [-0.2, 0) is 33.3 Å². The minimum Gasteiger partial charge on any atom is -0.462 e. The van der Waals surface area contributed by atoms with E-state index in [1.807, 2.05) is 7.11 Å². The molecular formula is C28H43NO7. The van der Waals surface area contributed by atoms with Gasteiger partial charge in [-0.2, -0.15) is 0 Å². The molecular weight excluding hydrogens is 462 g/mol. The summed E-state index contributed by atoms with van der Waals surface area (Å²) in [7, 11) is 5.41. The predicted octanol–water partition coefficient (Wildman–Crippen LogP) is 2.67. The van der Waals surface area contributed by atoms with E-state index in [0.29, 0.717) is 0 Å². The predicted molar refractivity (Wildman–Crippen MR) is 130 cm³/mol. The number of carbonyl (C=O) groups is 2. The topological polar surface area (TPSA) is 83.5 Å². The Balaban J connectivity index is 1.65. The summed E-state index contributed by atoms with van der Waals surface area (Å²) in [6.07, 6.45) is 3.08. The molecule has 1 saturated heterocycles. The second-order valence-electron chi connectivity index (χ2n) is 12.7. The van der Waals surface area contributed by atoms with Crippen molar-refractivity contribution >= 4 is 11.9 Å². The van der Waals surface area contributed by atoms with Gasteiger partial charge in [-0.15, -0.1) is 0 Å². The highest BCUT2D eigenvalue weighted by atomic mass is 16.6. The van der Waals surface area contributed by atoms with Crippen LogP contribution in [0.1, 0.15) is 53.4 Å². The third-order valence-corrected chi connectivity index (χ3v) is 11.8. The monoisotopic (exact) mass is 505 g/mol. The number of nitrogens with zero attached hydrogens (tertiary/aromatic N) is 1. The molecule has 8 nitrogen and oxygen atoms in total. The van der Waals surface area contributed by atoms with E-state index in [9.17, 15) is 9.59 Å². The first-order chi connectivity index (χ1) is 17.1. The van der Waals surface area contributed by atoms with Gasteiger partial charge in [0.25, 0.3) is 0 Å². The Labute approximate surface area is 214 Å². The fourth-order valence-electron chi connectivity index (χ4n) is 11.4. The van der Waals surface area contributed by atoms with Gasteiger partial charge in [0.2, 0.25) is 0 Å². The van der Waals surface area contributed by atoms with Crippen molar-refractivity contribution in [3.05, 3.63) is 0 Å². The molecule has 0 aromatic heterocycles. The van der Waals surface area contributed by atoms with Crippen molar-refractivity contribution in [2.75, 3.05) is 34.4 Å². The molecule has 1 spiro atoms. The van der Waals surface area contributed by atoms with Crippen LogP contribution in [0.15, 0.2) is 0 Å². The molecule has 5 saturated carbocycles. The molecule has 0 aromatic rings. The van der Waals surface area contributed by atoms with E-state index in [1.165, 1.54) is 13.8 Å². The highest BCUT2D eigenvalue weighted by Gasteiger charge is 2.87. The van der Waals surface area contributed by atoms with Crippen molar-refractivity contribution in [2.24, 2.45) is 40.4 Å². The standard InChI is InChI=1S/C28H43NO7/c1-8-29-13-26(4)10-9-19(33-6)28-17-11-16-18(32-5)12-27(34-7,20(17)22(16)35-14(2)30)21(25(28)29)23(24(26)28)36-15(3)31/h16-25H,8-13H2,1-7H3/t16-,17-,18+,19+,20-,21+,22+,23+,24-,25?,26+,27-,28+/m1/s1. The van der Waals surface area contributed by atoms with Gasteiger partial charge in [-0.25, -0.2) is 0 Å². The van der Waals surface area contributed by atoms with E-state index in [4.69, 9.17) is 23.7 Å². The van der Waals surface area contributed by atoms with E-state index in [1.54, 1.807) is 14.2 Å². The molecule has 6 aliphatic rings. The molecule has 0 amide bonds. The molecule has 1 aliphatic heterocycles. The minimum absolute atomic E-state index is 0.000348. The summed E-state index contributed by atoms with van der Waals surface area (Å²) in [6, 6.07) is 0.170. The Bertz CT molecular complexity index is 943. The zero-order valence-electron chi connectivity index (χ0n) is 22.8. The lowest BCUT2D eigenvalue weighted by Gasteiger charge is -2.69. The number of carbonyl (C=O) groups excluding carboxylic acids is 2. The smallest absolute Gasteiger partial charge is 0.302 e. The molecule has 1 heterocycles. The number of piperidine rings is 1. The molecule has 7 bridgehead atoms. The molecule has 0 radical (unpaired) electrons. The second-order valence-corrected chi connectivity index (χ2v) is 12.7. The molecule has 36 heavy (non-hydrogen) atoms. The number of methoxy groups -OCH3 is 3. The van der Waals surface area contributed by atoms with E-state index >= 15 is 0 Å². The Morgan fingerprint density at radius 2 is 1.69 bits per heavy atom. The van der Waals surface area contributed by atoms with Crippen LogP contribution in [0.2, 0.25) is 0 Å². The SMILES string of the molecule is CCN1C[C@]2(C)CC[C@H](OC)[C@]34C1[C@H]([C@H](OC(C)=O)[C@H]23)[C@@]1(OC)C[C@H](OC)[C@H]2C[C@@H]4[C@@H]1[C@H]2OC(C)=O. The highest BCUT2D eigenvalue weighted by molar-refractivity contribution is 5.67. The normalized spacial score (nSPS) is 54.3. The summed E-state index contributed by atoms with van der Waals surface area (Å²) < 4.78 is 31.8. The molecule has 13 atom stereocenters. The first-order valence-corrected chi connectivity index (χ1v) is 13.8. The second kappa shape index (κ2) is 8.14. The molecule has 8 heteroatoms. The van der Waals surface area contributed by atoms with Gasteiger partial charge in [0.15, 0.2) is 0 Å². The quantitative estimate of drug-likeness (QED) is 0.510. The van der Waals surface area contributed by atoms with Gasteiger partial charge in [-0.1, -0.05) is 13.8 Å². The summed E-state index contributed by atoms with van der Waals surface area (Å²) in [4.78, 5) is 27.7. The van der Waals surface area contributed by atoms with Crippen LogP contribution < -0.4 is 0 Å². The van der Waals surface area contributed by atoms with Crippen molar-refractivity contribution in [1.82, 2.24) is 4.90 Å². The average molecular weight is 506 g/mol. The lowest BCUT2D eigenvalue weighted by Crippen LogP contribution is -2.76. The molecule has 0 aromatic carbocycles. The van der Waals surface area contributed by atoms with E-state index in [0.717, 1.165) is 38.8 Å². The van der Waals surface area contributed by atoms with Crippen LogP contribution in [0.3, 0.4) is 0 Å². The molecule has 0 N–H and O–H groups in total. The Hall–Kier alpha value is -1.22. The number of likely N-dealkylation sites (tertiary alicyclic amines) is 1. The summed E-state index contributed by atoms with van der Waals surface area (Å²) >= 11 is 0. The van der Waals surface area contributed by atoms with Crippen molar-refractivity contribution in [3.8, 4) is 0 Å². The van der Waals surface area contributed by atoms with E-state index in [-0.39, 0.29) is 82.8 Å². The minimum atomic E-state index is -0.622. The first kappa shape index (κ1) is 25.1. The van der Waals surface area contributed by atoms with Gasteiger partial charge in [-0.05, 0) is 37.1 Å². The zero-order valence-corrected chi connectivity index (χ0v) is 22.8. The highest BCUT2D eigenvalue weighted by Crippen LogP contribution is 2.80.